The highest BCUT2D eigenvalue weighted by Crippen LogP contribution is 2.28. The second-order valence-corrected chi connectivity index (χ2v) is 5.00. The number of nitrogens with zero attached hydrogens (tertiary/aromatic N) is 3. The lowest BCUT2D eigenvalue weighted by Crippen LogP contribution is -2.00. The molecule has 2 N–H and O–H groups in total. The largest absolute Gasteiger partial charge is 0.383 e. The molecule has 0 unspecified atom stereocenters. The van der Waals surface area contributed by atoms with Crippen molar-refractivity contribution in [3.63, 3.8) is 0 Å². The maximum atomic E-state index is 5.89. The Labute approximate surface area is 118 Å². The fourth-order valence-corrected chi connectivity index (χ4v) is 2.17. The third-order valence-corrected chi connectivity index (χ3v) is 3.91. The van der Waals surface area contributed by atoms with Gasteiger partial charge in [-0.3, -0.25) is 4.98 Å². The first-order valence-corrected chi connectivity index (χ1v) is 6.60. The van der Waals surface area contributed by atoms with E-state index in [2.05, 4.69) is 30.9 Å². The summed E-state index contributed by atoms with van der Waals surface area (Å²) in [6.45, 7) is 1.90. The molecule has 0 saturated heterocycles. The summed E-state index contributed by atoms with van der Waals surface area (Å²) in [5.74, 6) is 1.07. The molecule has 2 aromatic heterocycles. The van der Waals surface area contributed by atoms with Crippen LogP contribution >= 0.6 is 15.9 Å². The highest BCUT2D eigenvalue weighted by atomic mass is 79.9. The molecule has 3 rings (SSSR count). The van der Waals surface area contributed by atoms with Crippen molar-refractivity contribution in [2.75, 3.05) is 5.73 Å². The molecule has 4 nitrogen and oxygen atoms in total. The van der Waals surface area contributed by atoms with Crippen molar-refractivity contribution in [3.8, 4) is 11.4 Å². The predicted octanol–water partition coefficient (Wildman–Crippen LogP) is 3.34. The molecule has 19 heavy (non-hydrogen) atoms. The van der Waals surface area contributed by atoms with Crippen molar-refractivity contribution in [2.24, 2.45) is 0 Å². The summed E-state index contributed by atoms with van der Waals surface area (Å²) >= 11 is 3.37. The average Bonchev–Trinajstić information content (AvgIpc) is 2.43. The molecule has 0 atom stereocenters. The number of para-hydroxylation sites is 1. The monoisotopic (exact) mass is 314 g/mol. The zero-order chi connectivity index (χ0) is 13.4. The van der Waals surface area contributed by atoms with Gasteiger partial charge in [-0.15, -0.1) is 0 Å². The van der Waals surface area contributed by atoms with Crippen LogP contribution in [-0.4, -0.2) is 15.0 Å². The van der Waals surface area contributed by atoms with Crippen LogP contribution in [-0.2, 0) is 0 Å². The van der Waals surface area contributed by atoms with E-state index >= 15 is 0 Å². The second-order valence-electron chi connectivity index (χ2n) is 4.21. The first-order valence-electron chi connectivity index (χ1n) is 5.80. The predicted molar refractivity (Wildman–Crippen MR) is 79.6 cm³/mol. The molecule has 2 heterocycles. The molecule has 94 valence electrons. The maximum Gasteiger partial charge on any atom is 0.162 e. The number of pyridine rings is 1. The van der Waals surface area contributed by atoms with E-state index in [0.717, 1.165) is 26.6 Å². The van der Waals surface area contributed by atoms with E-state index in [1.807, 2.05) is 37.3 Å². The van der Waals surface area contributed by atoms with Gasteiger partial charge in [0.05, 0.1) is 15.7 Å². The third kappa shape index (κ3) is 2.06. The van der Waals surface area contributed by atoms with E-state index in [1.165, 1.54) is 0 Å². The fraction of sp³-hybridized carbons (Fsp3) is 0.0714. The van der Waals surface area contributed by atoms with Crippen LogP contribution in [0.4, 0.5) is 5.82 Å². The molecular weight excluding hydrogens is 304 g/mol. The van der Waals surface area contributed by atoms with E-state index in [9.17, 15) is 0 Å². The number of nitrogen functional groups attached to an aromatic ring is 1. The van der Waals surface area contributed by atoms with Gasteiger partial charge in [-0.05, 0) is 35.0 Å². The number of fused-ring (bicyclic) bond motifs is 1. The van der Waals surface area contributed by atoms with Crippen LogP contribution in [0.3, 0.4) is 0 Å². The molecule has 1 aromatic carbocycles. The molecule has 0 spiro atoms. The Morgan fingerprint density at radius 2 is 1.89 bits per heavy atom. The van der Waals surface area contributed by atoms with Gasteiger partial charge in [0.25, 0.3) is 0 Å². The number of halogens is 1. The van der Waals surface area contributed by atoms with Crippen LogP contribution < -0.4 is 5.73 Å². The van der Waals surface area contributed by atoms with E-state index in [1.54, 1.807) is 6.20 Å². The van der Waals surface area contributed by atoms with Gasteiger partial charge in [-0.25, -0.2) is 9.97 Å². The average molecular weight is 315 g/mol. The minimum Gasteiger partial charge on any atom is -0.383 e. The van der Waals surface area contributed by atoms with Gasteiger partial charge in [0.2, 0.25) is 0 Å². The Morgan fingerprint density at radius 3 is 2.68 bits per heavy atom. The third-order valence-electron chi connectivity index (χ3n) is 2.93. The number of nitrogens with two attached hydrogens (primary N) is 1. The Hall–Kier alpha value is -2.01. The quantitative estimate of drug-likeness (QED) is 0.748. The molecule has 0 aliphatic carbocycles. The van der Waals surface area contributed by atoms with Gasteiger partial charge in [0, 0.05) is 17.1 Å². The number of aryl methyl sites for hydroxylation is 1. The Morgan fingerprint density at radius 1 is 1.11 bits per heavy atom. The Balaban J connectivity index is 2.31. The maximum absolute atomic E-state index is 5.89. The van der Waals surface area contributed by atoms with Crippen molar-refractivity contribution >= 4 is 32.7 Å². The van der Waals surface area contributed by atoms with Crippen LogP contribution in [0.25, 0.3) is 22.3 Å². The molecule has 0 aliphatic rings. The van der Waals surface area contributed by atoms with E-state index < -0.39 is 0 Å². The number of hydrogen-bond acceptors (Lipinski definition) is 4. The van der Waals surface area contributed by atoms with Gasteiger partial charge < -0.3 is 5.73 Å². The van der Waals surface area contributed by atoms with Gasteiger partial charge in [0.1, 0.15) is 5.82 Å². The zero-order valence-electron chi connectivity index (χ0n) is 10.3. The smallest absolute Gasteiger partial charge is 0.162 e. The molecular formula is C14H11BrN4. The standard InChI is InChI=1S/C14H11BrN4/c1-8-12(15)13(16)19-14(18-8)10-6-7-17-11-5-3-2-4-9(10)11/h2-7H,1H3,(H2,16,18,19). The van der Waals surface area contributed by atoms with Crippen molar-refractivity contribution in [3.05, 3.63) is 46.7 Å². The van der Waals surface area contributed by atoms with Crippen LogP contribution in [0.15, 0.2) is 41.0 Å². The van der Waals surface area contributed by atoms with Crippen LogP contribution in [0.2, 0.25) is 0 Å². The Bertz CT molecular complexity index is 742. The summed E-state index contributed by atoms with van der Waals surface area (Å²) in [5.41, 5.74) is 8.57. The highest BCUT2D eigenvalue weighted by Gasteiger charge is 2.11. The topological polar surface area (TPSA) is 64.7 Å². The molecule has 0 saturated carbocycles. The fourth-order valence-electron chi connectivity index (χ4n) is 1.99. The first kappa shape index (κ1) is 12.0. The molecule has 0 bridgehead atoms. The van der Waals surface area contributed by atoms with Crippen LogP contribution in [0, 0.1) is 6.92 Å². The Kier molecular flexibility index (Phi) is 2.91. The number of rotatable bonds is 1. The second kappa shape index (κ2) is 4.59. The SMILES string of the molecule is Cc1nc(-c2ccnc3ccccc23)nc(N)c1Br. The lowest BCUT2D eigenvalue weighted by molar-refractivity contribution is 1.10. The number of hydrogen-bond donors (Lipinski definition) is 1. The minimum absolute atomic E-state index is 0.448. The molecule has 0 aliphatic heterocycles. The van der Waals surface area contributed by atoms with Crippen molar-refractivity contribution in [1.29, 1.82) is 0 Å². The summed E-state index contributed by atoms with van der Waals surface area (Å²) < 4.78 is 0.745. The summed E-state index contributed by atoms with van der Waals surface area (Å²) in [6, 6.07) is 9.82. The van der Waals surface area contributed by atoms with Gasteiger partial charge >= 0.3 is 0 Å². The van der Waals surface area contributed by atoms with E-state index in [4.69, 9.17) is 5.73 Å². The highest BCUT2D eigenvalue weighted by molar-refractivity contribution is 9.10. The van der Waals surface area contributed by atoms with Crippen LogP contribution in [0.5, 0.6) is 0 Å². The lowest BCUT2D eigenvalue weighted by Gasteiger charge is -2.08. The lowest BCUT2D eigenvalue weighted by atomic mass is 10.1. The summed E-state index contributed by atoms with van der Waals surface area (Å²) in [4.78, 5) is 13.2. The molecule has 0 fully saturated rings. The number of aromatic nitrogens is 3. The molecule has 5 heteroatoms. The van der Waals surface area contributed by atoms with E-state index in [0.29, 0.717) is 11.6 Å². The molecule has 3 aromatic rings. The summed E-state index contributed by atoms with van der Waals surface area (Å²) in [5, 5.41) is 1.02. The van der Waals surface area contributed by atoms with Gasteiger partial charge in [-0.1, -0.05) is 18.2 Å². The summed E-state index contributed by atoms with van der Waals surface area (Å²) in [7, 11) is 0. The number of benzene rings is 1. The van der Waals surface area contributed by atoms with Crippen molar-refractivity contribution in [1.82, 2.24) is 15.0 Å². The van der Waals surface area contributed by atoms with Gasteiger partial charge in [-0.2, -0.15) is 0 Å². The van der Waals surface area contributed by atoms with Crippen molar-refractivity contribution in [2.45, 2.75) is 6.92 Å². The number of anilines is 1. The van der Waals surface area contributed by atoms with Gasteiger partial charge in [0.15, 0.2) is 5.82 Å². The first-order chi connectivity index (χ1) is 9.16. The summed E-state index contributed by atoms with van der Waals surface area (Å²) in [6.07, 6.45) is 1.76. The van der Waals surface area contributed by atoms with Crippen molar-refractivity contribution < 1.29 is 0 Å². The normalized spacial score (nSPS) is 10.8. The molecule has 0 radical (unpaired) electrons. The van der Waals surface area contributed by atoms with Crippen LogP contribution in [0.1, 0.15) is 5.69 Å². The van der Waals surface area contributed by atoms with E-state index in [-0.39, 0.29) is 0 Å². The zero-order valence-corrected chi connectivity index (χ0v) is 11.8. The molecule has 0 amide bonds. The minimum atomic E-state index is 0.448.